The maximum absolute atomic E-state index is 12.1. The standard InChI is InChI=1S/C12H24N2O2/c1-9(8-16-3)12(15)14-6-4-5-11(7-14)10(2)13/h9-11H,4-8,13H2,1-3H3/t9-,10+,11-/m0/s1. The molecule has 1 fully saturated rings. The molecule has 2 N–H and O–H groups in total. The van der Waals surface area contributed by atoms with Gasteiger partial charge in [-0.2, -0.15) is 0 Å². The molecule has 0 saturated carbocycles. The van der Waals surface area contributed by atoms with Crippen molar-refractivity contribution in [3.63, 3.8) is 0 Å². The highest BCUT2D eigenvalue weighted by Crippen LogP contribution is 2.20. The number of hydrogen-bond acceptors (Lipinski definition) is 3. The molecular formula is C12H24N2O2. The minimum absolute atomic E-state index is 0.0446. The lowest BCUT2D eigenvalue weighted by molar-refractivity contribution is -0.138. The van der Waals surface area contributed by atoms with Crippen LogP contribution in [0.2, 0.25) is 0 Å². The maximum Gasteiger partial charge on any atom is 0.227 e. The zero-order valence-corrected chi connectivity index (χ0v) is 10.6. The number of likely N-dealkylation sites (tertiary alicyclic amines) is 1. The Morgan fingerprint density at radius 2 is 2.25 bits per heavy atom. The van der Waals surface area contributed by atoms with Crippen molar-refractivity contribution < 1.29 is 9.53 Å². The summed E-state index contributed by atoms with van der Waals surface area (Å²) >= 11 is 0. The van der Waals surface area contributed by atoms with E-state index in [0.29, 0.717) is 12.5 Å². The second-order valence-corrected chi connectivity index (χ2v) is 4.90. The molecule has 1 aliphatic rings. The van der Waals surface area contributed by atoms with Gasteiger partial charge in [0.2, 0.25) is 5.91 Å². The molecular weight excluding hydrogens is 204 g/mol. The topological polar surface area (TPSA) is 55.6 Å². The fourth-order valence-corrected chi connectivity index (χ4v) is 2.27. The summed E-state index contributed by atoms with van der Waals surface area (Å²) < 4.78 is 5.02. The number of rotatable bonds is 4. The first-order chi connectivity index (χ1) is 7.56. The van der Waals surface area contributed by atoms with Crippen LogP contribution >= 0.6 is 0 Å². The van der Waals surface area contributed by atoms with Gasteiger partial charge < -0.3 is 15.4 Å². The second-order valence-electron chi connectivity index (χ2n) is 4.90. The van der Waals surface area contributed by atoms with Gasteiger partial charge in [-0.05, 0) is 25.7 Å². The predicted molar refractivity (Wildman–Crippen MR) is 64.0 cm³/mol. The molecule has 0 aromatic carbocycles. The minimum atomic E-state index is -0.0446. The van der Waals surface area contributed by atoms with E-state index in [1.54, 1.807) is 7.11 Å². The van der Waals surface area contributed by atoms with Gasteiger partial charge in [0, 0.05) is 26.2 Å². The quantitative estimate of drug-likeness (QED) is 0.776. The molecule has 16 heavy (non-hydrogen) atoms. The summed E-state index contributed by atoms with van der Waals surface area (Å²) in [5, 5.41) is 0. The number of carbonyl (C=O) groups is 1. The van der Waals surface area contributed by atoms with E-state index in [1.165, 1.54) is 0 Å². The van der Waals surface area contributed by atoms with Crippen molar-refractivity contribution in [3.05, 3.63) is 0 Å². The molecule has 94 valence electrons. The zero-order chi connectivity index (χ0) is 12.1. The van der Waals surface area contributed by atoms with Gasteiger partial charge in [-0.1, -0.05) is 6.92 Å². The Balaban J connectivity index is 2.49. The van der Waals surface area contributed by atoms with Crippen molar-refractivity contribution in [2.45, 2.75) is 32.7 Å². The van der Waals surface area contributed by atoms with E-state index in [-0.39, 0.29) is 17.9 Å². The molecule has 1 saturated heterocycles. The molecule has 1 aliphatic heterocycles. The fourth-order valence-electron chi connectivity index (χ4n) is 2.27. The third-order valence-corrected chi connectivity index (χ3v) is 3.35. The average molecular weight is 228 g/mol. The van der Waals surface area contributed by atoms with Crippen LogP contribution in [-0.2, 0) is 9.53 Å². The summed E-state index contributed by atoms with van der Waals surface area (Å²) in [7, 11) is 1.63. The summed E-state index contributed by atoms with van der Waals surface area (Å²) in [4.78, 5) is 14.0. The van der Waals surface area contributed by atoms with Crippen molar-refractivity contribution in [2.75, 3.05) is 26.8 Å². The van der Waals surface area contributed by atoms with Gasteiger partial charge in [-0.3, -0.25) is 4.79 Å². The number of nitrogens with two attached hydrogens (primary N) is 1. The van der Waals surface area contributed by atoms with Gasteiger partial charge in [-0.15, -0.1) is 0 Å². The van der Waals surface area contributed by atoms with Crippen LogP contribution in [0.25, 0.3) is 0 Å². The van der Waals surface area contributed by atoms with Crippen LogP contribution in [-0.4, -0.2) is 43.7 Å². The van der Waals surface area contributed by atoms with Crippen LogP contribution in [0.5, 0.6) is 0 Å². The zero-order valence-electron chi connectivity index (χ0n) is 10.6. The Kier molecular flexibility index (Phi) is 5.22. The number of nitrogens with zero attached hydrogens (tertiary/aromatic N) is 1. The lowest BCUT2D eigenvalue weighted by Gasteiger charge is -2.35. The Hall–Kier alpha value is -0.610. The first-order valence-corrected chi connectivity index (χ1v) is 6.09. The molecule has 0 aliphatic carbocycles. The van der Waals surface area contributed by atoms with Crippen molar-refractivity contribution in [1.29, 1.82) is 0 Å². The number of piperidine rings is 1. The number of carbonyl (C=O) groups excluding carboxylic acids is 1. The van der Waals surface area contributed by atoms with E-state index in [1.807, 2.05) is 18.7 Å². The molecule has 0 bridgehead atoms. The van der Waals surface area contributed by atoms with Crippen LogP contribution in [0.4, 0.5) is 0 Å². The van der Waals surface area contributed by atoms with Crippen molar-refractivity contribution in [3.8, 4) is 0 Å². The lowest BCUT2D eigenvalue weighted by Crippen LogP contribution is -2.47. The van der Waals surface area contributed by atoms with E-state index in [9.17, 15) is 4.79 Å². The second kappa shape index (κ2) is 6.21. The normalized spacial score (nSPS) is 25.2. The van der Waals surface area contributed by atoms with Crippen LogP contribution < -0.4 is 5.73 Å². The molecule has 1 heterocycles. The third-order valence-electron chi connectivity index (χ3n) is 3.35. The average Bonchev–Trinajstić information content (AvgIpc) is 2.28. The summed E-state index contributed by atoms with van der Waals surface area (Å²) in [5.41, 5.74) is 5.90. The van der Waals surface area contributed by atoms with Crippen LogP contribution in [0, 0.1) is 11.8 Å². The highest BCUT2D eigenvalue weighted by Gasteiger charge is 2.28. The lowest BCUT2D eigenvalue weighted by atomic mass is 9.91. The highest BCUT2D eigenvalue weighted by atomic mass is 16.5. The van der Waals surface area contributed by atoms with Gasteiger partial charge in [0.25, 0.3) is 0 Å². The third kappa shape index (κ3) is 3.46. The van der Waals surface area contributed by atoms with E-state index in [2.05, 4.69) is 0 Å². The van der Waals surface area contributed by atoms with Gasteiger partial charge in [0.15, 0.2) is 0 Å². The SMILES string of the molecule is COC[C@H](C)C(=O)N1CCC[C@H]([C@@H](C)N)C1. The molecule has 1 rings (SSSR count). The largest absolute Gasteiger partial charge is 0.384 e. The van der Waals surface area contributed by atoms with E-state index in [4.69, 9.17) is 10.5 Å². The molecule has 0 aromatic rings. The van der Waals surface area contributed by atoms with Crippen LogP contribution in [0.3, 0.4) is 0 Å². The number of amides is 1. The molecule has 1 amide bonds. The fraction of sp³-hybridized carbons (Fsp3) is 0.917. The van der Waals surface area contributed by atoms with E-state index < -0.39 is 0 Å². The van der Waals surface area contributed by atoms with E-state index in [0.717, 1.165) is 25.9 Å². The van der Waals surface area contributed by atoms with Crippen LogP contribution in [0.1, 0.15) is 26.7 Å². The number of ether oxygens (including phenoxy) is 1. The molecule has 3 atom stereocenters. The summed E-state index contributed by atoms with van der Waals surface area (Å²) in [6.07, 6.45) is 2.21. The number of methoxy groups -OCH3 is 1. The van der Waals surface area contributed by atoms with Crippen LogP contribution in [0.15, 0.2) is 0 Å². The highest BCUT2D eigenvalue weighted by molar-refractivity contribution is 5.78. The number of hydrogen-bond donors (Lipinski definition) is 1. The molecule has 0 spiro atoms. The van der Waals surface area contributed by atoms with E-state index >= 15 is 0 Å². The first kappa shape index (κ1) is 13.5. The minimum Gasteiger partial charge on any atom is -0.384 e. The maximum atomic E-state index is 12.1. The summed E-state index contributed by atoms with van der Waals surface area (Å²) in [5.74, 6) is 0.608. The van der Waals surface area contributed by atoms with Crippen molar-refractivity contribution in [1.82, 2.24) is 4.90 Å². The van der Waals surface area contributed by atoms with Gasteiger partial charge in [0.1, 0.15) is 0 Å². The Morgan fingerprint density at radius 1 is 1.56 bits per heavy atom. The molecule has 0 unspecified atom stereocenters. The molecule has 4 heteroatoms. The van der Waals surface area contributed by atoms with Gasteiger partial charge in [0.05, 0.1) is 12.5 Å². The molecule has 0 aromatic heterocycles. The Morgan fingerprint density at radius 3 is 2.81 bits per heavy atom. The first-order valence-electron chi connectivity index (χ1n) is 6.09. The van der Waals surface area contributed by atoms with Crippen molar-refractivity contribution >= 4 is 5.91 Å². The molecule has 0 radical (unpaired) electrons. The monoisotopic (exact) mass is 228 g/mol. The Labute approximate surface area is 98.1 Å². The Bertz CT molecular complexity index is 231. The van der Waals surface area contributed by atoms with Crippen molar-refractivity contribution in [2.24, 2.45) is 17.6 Å². The van der Waals surface area contributed by atoms with Gasteiger partial charge >= 0.3 is 0 Å². The summed E-state index contributed by atoms with van der Waals surface area (Å²) in [6.45, 7) is 6.12. The van der Waals surface area contributed by atoms with Gasteiger partial charge in [-0.25, -0.2) is 0 Å². The predicted octanol–water partition coefficient (Wildman–Crippen LogP) is 0.855. The smallest absolute Gasteiger partial charge is 0.227 e. The molecule has 4 nitrogen and oxygen atoms in total. The summed E-state index contributed by atoms with van der Waals surface area (Å²) in [6, 6.07) is 0.174.